The van der Waals surface area contributed by atoms with Crippen molar-refractivity contribution in [2.24, 2.45) is 0 Å². The summed E-state index contributed by atoms with van der Waals surface area (Å²) in [7, 11) is -2.21. The average molecular weight is 713 g/mol. The summed E-state index contributed by atoms with van der Waals surface area (Å²) in [6.07, 6.45) is 7.28. The molecule has 51 heavy (non-hydrogen) atoms. The third-order valence-electron chi connectivity index (χ3n) is 10.7. The van der Waals surface area contributed by atoms with Gasteiger partial charge in [0.25, 0.3) is 0 Å². The Hall–Kier alpha value is -4.32. The van der Waals surface area contributed by atoms with E-state index in [1.807, 2.05) is 42.5 Å². The molecule has 0 saturated heterocycles. The van der Waals surface area contributed by atoms with Crippen LogP contribution in [-0.2, 0) is 32.4 Å². The van der Waals surface area contributed by atoms with E-state index in [4.69, 9.17) is 4.43 Å². The van der Waals surface area contributed by atoms with Crippen LogP contribution in [0.4, 0.5) is 5.69 Å². The highest BCUT2D eigenvalue weighted by Crippen LogP contribution is 2.42. The van der Waals surface area contributed by atoms with Gasteiger partial charge in [-0.1, -0.05) is 70.4 Å². The van der Waals surface area contributed by atoms with E-state index in [0.717, 1.165) is 47.0 Å². The highest BCUT2D eigenvalue weighted by atomic mass is 28.4. The third kappa shape index (κ3) is 9.13. The summed E-state index contributed by atoms with van der Waals surface area (Å²) >= 11 is 0. The first-order valence-electron chi connectivity index (χ1n) is 18.0. The van der Waals surface area contributed by atoms with Gasteiger partial charge < -0.3 is 30.3 Å². The quantitative estimate of drug-likeness (QED) is 0.0833. The van der Waals surface area contributed by atoms with Crippen LogP contribution in [0.3, 0.4) is 0 Å². The van der Waals surface area contributed by atoms with Crippen LogP contribution in [0.5, 0.6) is 5.75 Å². The lowest BCUT2D eigenvalue weighted by atomic mass is 9.69. The van der Waals surface area contributed by atoms with Gasteiger partial charge in [0.1, 0.15) is 5.75 Å². The minimum atomic E-state index is -2.21. The lowest BCUT2D eigenvalue weighted by Gasteiger charge is -2.39. The molecule has 10 nitrogen and oxygen atoms in total. The number of fused-ring (bicyclic) bond motifs is 1. The minimum Gasteiger partial charge on any atom is -0.506 e. The molecule has 272 valence electrons. The lowest BCUT2D eigenvalue weighted by Crippen LogP contribution is -2.43. The maximum Gasteiger partial charge on any atom is 0.314 e. The average Bonchev–Trinajstić information content (AvgIpc) is 3.09. The second-order valence-electron chi connectivity index (χ2n) is 15.4. The van der Waals surface area contributed by atoms with Crippen LogP contribution in [0.25, 0.3) is 10.9 Å². The van der Waals surface area contributed by atoms with Crippen molar-refractivity contribution in [2.75, 3.05) is 11.9 Å². The van der Waals surface area contributed by atoms with Crippen LogP contribution < -0.4 is 16.2 Å². The zero-order valence-corrected chi connectivity index (χ0v) is 31.5. The first-order valence-corrected chi connectivity index (χ1v) is 20.9. The number of anilines is 1. The zero-order chi connectivity index (χ0) is 36.8. The van der Waals surface area contributed by atoms with Gasteiger partial charge in [0.2, 0.25) is 11.5 Å². The zero-order valence-electron chi connectivity index (χ0n) is 30.5. The van der Waals surface area contributed by atoms with Crippen LogP contribution >= 0.6 is 0 Å². The van der Waals surface area contributed by atoms with Crippen molar-refractivity contribution in [3.63, 3.8) is 0 Å². The maximum absolute atomic E-state index is 12.8. The molecule has 1 aliphatic rings. The van der Waals surface area contributed by atoms with Crippen LogP contribution in [-0.4, -0.2) is 46.9 Å². The summed E-state index contributed by atoms with van der Waals surface area (Å²) < 4.78 is 6.89. The number of aryl methyl sites for hydroxylation is 1. The molecule has 4 aromatic rings. The van der Waals surface area contributed by atoms with Gasteiger partial charge in [-0.25, -0.2) is 0 Å². The molecule has 0 aliphatic heterocycles. The summed E-state index contributed by atoms with van der Waals surface area (Å²) in [5.74, 6) is -0.824. The number of amides is 1. The van der Waals surface area contributed by atoms with Crippen LogP contribution in [0.2, 0.25) is 18.1 Å². The SMILES string of the molecule is CC(C)(C)[Si](C)(C)O[C@@H](CNCc1ccc(NC(=O)CCCc2cccc(C3(C(=O)O)CCCCC3)c2)cn1)c1ccc(O)c2[nH]c(=O)ccc12. The highest BCUT2D eigenvalue weighted by molar-refractivity contribution is 6.74. The smallest absolute Gasteiger partial charge is 0.314 e. The molecule has 2 aromatic heterocycles. The molecule has 1 amide bonds. The fourth-order valence-electron chi connectivity index (χ4n) is 6.70. The number of nitrogens with zero attached hydrogens (tertiary/aromatic N) is 1. The molecule has 1 fully saturated rings. The van der Waals surface area contributed by atoms with Crippen molar-refractivity contribution in [1.82, 2.24) is 15.3 Å². The number of carboxylic acids is 1. The molecular formula is C40H52N4O6Si. The second kappa shape index (κ2) is 15.9. The molecule has 0 unspecified atom stereocenters. The van der Waals surface area contributed by atoms with Gasteiger partial charge in [-0.15, -0.1) is 0 Å². The number of nitrogens with one attached hydrogen (secondary N) is 3. The Morgan fingerprint density at radius 1 is 1.04 bits per heavy atom. The molecule has 11 heteroatoms. The fourth-order valence-corrected chi connectivity index (χ4v) is 7.98. The van der Waals surface area contributed by atoms with Gasteiger partial charge >= 0.3 is 5.97 Å². The van der Waals surface area contributed by atoms with Gasteiger partial charge in [0, 0.05) is 31.0 Å². The Balaban J connectivity index is 1.16. The minimum absolute atomic E-state index is 0.0111. The van der Waals surface area contributed by atoms with E-state index >= 15 is 0 Å². The Labute approximate surface area is 301 Å². The van der Waals surface area contributed by atoms with Gasteiger partial charge in [-0.2, -0.15) is 0 Å². The first kappa shape index (κ1) is 37.9. The molecular weight excluding hydrogens is 661 g/mol. The Kier molecular flexibility index (Phi) is 11.8. The standard InChI is InChI=1S/C40H52N4O6Si/c1-39(2,3)51(4,5)50-34(31-17-19-33(45)37-32(31)18-20-36(47)44-37)26-41-24-29-15-16-30(25-42-29)43-35(46)14-10-12-27-11-9-13-28(23-27)40(38(48)49)21-7-6-8-22-40/h9,11,13,15-20,23,25,34,41,45H,6-8,10,12,14,21-22,24,26H2,1-5H3,(H,43,46)(H,44,47)(H,48,49)/t34-/m0/s1. The number of hydrogen-bond donors (Lipinski definition) is 5. The Morgan fingerprint density at radius 2 is 1.80 bits per heavy atom. The van der Waals surface area contributed by atoms with E-state index in [2.05, 4.69) is 54.5 Å². The van der Waals surface area contributed by atoms with E-state index < -0.39 is 19.7 Å². The predicted molar refractivity (Wildman–Crippen MR) is 204 cm³/mol. The molecule has 5 N–H and O–H groups in total. The third-order valence-corrected chi connectivity index (χ3v) is 15.2. The molecule has 2 heterocycles. The van der Waals surface area contributed by atoms with Crippen molar-refractivity contribution in [3.05, 3.63) is 99.6 Å². The molecule has 5 rings (SSSR count). The van der Waals surface area contributed by atoms with E-state index in [-0.39, 0.29) is 28.4 Å². The van der Waals surface area contributed by atoms with E-state index in [1.165, 1.54) is 6.07 Å². The molecule has 1 saturated carbocycles. The topological polar surface area (TPSA) is 154 Å². The molecule has 1 aliphatic carbocycles. The van der Waals surface area contributed by atoms with Gasteiger partial charge in [-0.05, 0) is 84.8 Å². The number of carboxylic acid groups (broad SMARTS) is 1. The van der Waals surface area contributed by atoms with Gasteiger partial charge in [-0.3, -0.25) is 19.4 Å². The number of aromatic nitrogens is 2. The number of rotatable bonds is 14. The molecule has 0 bridgehead atoms. The number of hydrogen-bond acceptors (Lipinski definition) is 7. The number of pyridine rings is 2. The van der Waals surface area contributed by atoms with E-state index in [0.29, 0.717) is 56.4 Å². The summed E-state index contributed by atoms with van der Waals surface area (Å²) in [5, 5.41) is 27.7. The number of H-pyrrole nitrogens is 1. The highest BCUT2D eigenvalue weighted by Gasteiger charge is 2.41. The summed E-state index contributed by atoms with van der Waals surface area (Å²) in [4.78, 5) is 44.4. The molecule has 1 atom stereocenters. The van der Waals surface area contributed by atoms with E-state index in [9.17, 15) is 24.6 Å². The summed E-state index contributed by atoms with van der Waals surface area (Å²) in [6.45, 7) is 11.9. The normalized spacial score (nSPS) is 15.4. The number of benzene rings is 2. The van der Waals surface area contributed by atoms with Crippen molar-refractivity contribution in [2.45, 2.75) is 108 Å². The number of aromatic amines is 1. The number of phenolic OH excluding ortho intramolecular Hbond substituents is 1. The van der Waals surface area contributed by atoms with Crippen LogP contribution in [0.1, 0.15) is 94.2 Å². The first-order chi connectivity index (χ1) is 24.2. The van der Waals surface area contributed by atoms with E-state index in [1.54, 1.807) is 18.3 Å². The number of phenols is 1. The lowest BCUT2D eigenvalue weighted by molar-refractivity contribution is -0.145. The number of aliphatic carboxylic acids is 1. The van der Waals surface area contributed by atoms with Crippen molar-refractivity contribution < 1.29 is 24.2 Å². The summed E-state index contributed by atoms with van der Waals surface area (Å²) in [5.41, 5.74) is 3.53. The summed E-state index contributed by atoms with van der Waals surface area (Å²) in [6, 6.07) is 18.3. The van der Waals surface area contributed by atoms with Crippen LogP contribution in [0, 0.1) is 0 Å². The van der Waals surface area contributed by atoms with Gasteiger partial charge in [0.15, 0.2) is 8.32 Å². The molecule has 2 aromatic carbocycles. The predicted octanol–water partition coefficient (Wildman–Crippen LogP) is 7.73. The fraction of sp³-hybridized carbons (Fsp3) is 0.450. The maximum atomic E-state index is 12.8. The number of carbonyl (C=O) groups is 2. The Morgan fingerprint density at radius 3 is 2.49 bits per heavy atom. The van der Waals surface area contributed by atoms with Crippen molar-refractivity contribution in [1.29, 1.82) is 0 Å². The van der Waals surface area contributed by atoms with Crippen LogP contribution in [0.15, 0.2) is 71.7 Å². The Bertz CT molecular complexity index is 1890. The van der Waals surface area contributed by atoms with Crippen molar-refractivity contribution in [3.8, 4) is 5.75 Å². The number of carbonyl (C=O) groups excluding carboxylic acids is 1. The largest absolute Gasteiger partial charge is 0.506 e. The van der Waals surface area contributed by atoms with Crippen molar-refractivity contribution >= 4 is 36.8 Å². The second-order valence-corrected chi connectivity index (χ2v) is 20.1. The molecule has 0 radical (unpaired) electrons. The van der Waals surface area contributed by atoms with Gasteiger partial charge in [0.05, 0.1) is 34.6 Å². The number of aromatic hydroxyl groups is 1. The monoisotopic (exact) mass is 712 g/mol. The molecule has 0 spiro atoms.